The number of nitrogens with zero attached hydrogens (tertiary/aromatic N) is 1. The summed E-state index contributed by atoms with van der Waals surface area (Å²) in [5.41, 5.74) is 4.70. The van der Waals surface area contributed by atoms with Crippen LogP contribution in [-0.4, -0.2) is 54.2 Å². The summed E-state index contributed by atoms with van der Waals surface area (Å²) >= 11 is 0. The molecule has 1 heterocycles. The van der Waals surface area contributed by atoms with E-state index in [0.717, 1.165) is 6.42 Å². The lowest BCUT2D eigenvalue weighted by Gasteiger charge is -2.39. The lowest BCUT2D eigenvalue weighted by Crippen LogP contribution is -2.51. The van der Waals surface area contributed by atoms with Crippen LogP contribution in [0, 0.1) is 17.8 Å². The molecule has 2 amide bonds. The molecule has 7 nitrogen and oxygen atoms in total. The van der Waals surface area contributed by atoms with Gasteiger partial charge in [-0.3, -0.25) is 9.59 Å². The van der Waals surface area contributed by atoms with Gasteiger partial charge in [0.15, 0.2) is 0 Å². The largest absolute Gasteiger partial charge is 0.481 e. The molecule has 4 rings (SSSR count). The highest BCUT2D eigenvalue weighted by Gasteiger charge is 2.33. The quantitative estimate of drug-likeness (QED) is 0.524. The first-order valence-corrected chi connectivity index (χ1v) is 12.4. The topological polar surface area (TPSA) is 95.9 Å². The van der Waals surface area contributed by atoms with E-state index >= 15 is 0 Å². The maximum Gasteiger partial charge on any atom is 0.407 e. The second-order valence-corrected chi connectivity index (χ2v) is 10.2. The number of alkyl carbamates (subject to hydrolysis) is 1. The molecule has 1 fully saturated rings. The molecule has 186 valence electrons. The summed E-state index contributed by atoms with van der Waals surface area (Å²) in [5, 5.41) is 11.8. The van der Waals surface area contributed by atoms with Crippen LogP contribution in [0.2, 0.25) is 0 Å². The van der Waals surface area contributed by atoms with E-state index in [1.165, 1.54) is 22.3 Å². The Morgan fingerprint density at radius 3 is 2.20 bits per heavy atom. The Morgan fingerprint density at radius 2 is 1.63 bits per heavy atom. The van der Waals surface area contributed by atoms with Crippen LogP contribution in [0.4, 0.5) is 4.79 Å². The number of nitrogens with one attached hydrogen (secondary N) is 1. The van der Waals surface area contributed by atoms with E-state index in [-0.39, 0.29) is 36.7 Å². The zero-order valence-electron chi connectivity index (χ0n) is 20.4. The lowest BCUT2D eigenvalue weighted by atomic mass is 9.91. The number of amides is 2. The van der Waals surface area contributed by atoms with Crippen LogP contribution >= 0.6 is 0 Å². The Hall–Kier alpha value is -3.35. The second-order valence-electron chi connectivity index (χ2n) is 10.2. The van der Waals surface area contributed by atoms with Gasteiger partial charge >= 0.3 is 12.1 Å². The van der Waals surface area contributed by atoms with Gasteiger partial charge in [-0.2, -0.15) is 0 Å². The maximum absolute atomic E-state index is 12.7. The minimum atomic E-state index is -0.827. The van der Waals surface area contributed by atoms with Crippen LogP contribution in [0.3, 0.4) is 0 Å². The Balaban J connectivity index is 1.28. The standard InChI is InChI=1S/C28H34N2O5/c1-18(2)11-19(12-26(31)30-15-20(16-30)13-27(32)33)14-29-28(34)35-17-25-23-9-5-3-7-21(23)22-8-4-6-10-24(22)25/h3-10,18-20,25H,11-17H2,1-2H3,(H,29,34)(H,32,33). The van der Waals surface area contributed by atoms with Gasteiger partial charge in [-0.1, -0.05) is 62.4 Å². The van der Waals surface area contributed by atoms with Crippen LogP contribution in [0.5, 0.6) is 0 Å². The third kappa shape index (κ3) is 6.02. The molecule has 2 aromatic rings. The Labute approximate surface area is 206 Å². The summed E-state index contributed by atoms with van der Waals surface area (Å²) in [6.07, 6.45) is 0.768. The molecule has 0 saturated carbocycles. The van der Waals surface area contributed by atoms with Crippen molar-refractivity contribution in [1.29, 1.82) is 0 Å². The fraction of sp³-hybridized carbons (Fsp3) is 0.464. The number of likely N-dealkylation sites (tertiary alicyclic amines) is 1. The molecule has 0 spiro atoms. The lowest BCUT2D eigenvalue weighted by molar-refractivity contribution is -0.145. The maximum atomic E-state index is 12.7. The van der Waals surface area contributed by atoms with E-state index < -0.39 is 12.1 Å². The first kappa shape index (κ1) is 24.8. The number of ether oxygens (including phenoxy) is 1. The second kappa shape index (κ2) is 10.9. The zero-order chi connectivity index (χ0) is 24.9. The van der Waals surface area contributed by atoms with Gasteiger partial charge in [-0.15, -0.1) is 0 Å². The third-order valence-electron chi connectivity index (χ3n) is 6.92. The molecule has 7 heteroatoms. The molecular weight excluding hydrogens is 444 g/mol. The number of hydrogen-bond donors (Lipinski definition) is 2. The predicted molar refractivity (Wildman–Crippen MR) is 133 cm³/mol. The van der Waals surface area contributed by atoms with E-state index in [4.69, 9.17) is 9.84 Å². The fourth-order valence-electron chi connectivity index (χ4n) is 5.31. The molecule has 1 saturated heterocycles. The van der Waals surface area contributed by atoms with E-state index in [1.54, 1.807) is 4.90 Å². The average molecular weight is 479 g/mol. The van der Waals surface area contributed by atoms with Crippen LogP contribution < -0.4 is 5.32 Å². The van der Waals surface area contributed by atoms with Crippen LogP contribution in [0.15, 0.2) is 48.5 Å². The van der Waals surface area contributed by atoms with Crippen LogP contribution in [-0.2, 0) is 14.3 Å². The van der Waals surface area contributed by atoms with Crippen molar-refractivity contribution < 1.29 is 24.2 Å². The molecule has 35 heavy (non-hydrogen) atoms. The van der Waals surface area contributed by atoms with Gasteiger partial charge in [0.2, 0.25) is 5.91 Å². The number of aliphatic carboxylic acids is 1. The van der Waals surface area contributed by atoms with Gasteiger partial charge in [0.05, 0.1) is 6.42 Å². The smallest absolute Gasteiger partial charge is 0.407 e. The number of hydrogen-bond acceptors (Lipinski definition) is 4. The Morgan fingerprint density at radius 1 is 1.03 bits per heavy atom. The number of carboxylic acid groups (broad SMARTS) is 1. The number of carbonyl (C=O) groups excluding carboxylic acids is 2. The molecule has 2 N–H and O–H groups in total. The molecule has 1 atom stereocenters. The number of benzene rings is 2. The summed E-state index contributed by atoms with van der Waals surface area (Å²) in [7, 11) is 0. The number of rotatable bonds is 10. The molecule has 0 aromatic heterocycles. The number of carboxylic acids is 1. The van der Waals surface area contributed by atoms with Gasteiger partial charge in [0.25, 0.3) is 0 Å². The van der Waals surface area contributed by atoms with Gasteiger partial charge in [-0.05, 0) is 40.5 Å². The monoisotopic (exact) mass is 478 g/mol. The summed E-state index contributed by atoms with van der Waals surface area (Å²) in [6, 6.07) is 16.4. The SMILES string of the molecule is CC(C)CC(CNC(=O)OCC1c2ccccc2-c2ccccc21)CC(=O)N1CC(CC(=O)O)C1. The molecule has 0 bridgehead atoms. The van der Waals surface area contributed by atoms with Gasteiger partial charge in [0.1, 0.15) is 6.61 Å². The van der Waals surface area contributed by atoms with Crippen molar-refractivity contribution >= 4 is 18.0 Å². The Bertz CT molecular complexity index is 1030. The third-order valence-corrected chi connectivity index (χ3v) is 6.92. The first-order chi connectivity index (χ1) is 16.8. The van der Waals surface area contributed by atoms with Crippen LogP contribution in [0.25, 0.3) is 11.1 Å². The van der Waals surface area contributed by atoms with Crippen molar-refractivity contribution in [3.63, 3.8) is 0 Å². The van der Waals surface area contributed by atoms with Gasteiger partial charge in [0, 0.05) is 37.9 Å². The number of fused-ring (bicyclic) bond motifs is 3. The van der Waals surface area contributed by atoms with Crippen molar-refractivity contribution in [1.82, 2.24) is 10.2 Å². The molecule has 0 radical (unpaired) electrons. The molecule has 2 aliphatic rings. The summed E-state index contributed by atoms with van der Waals surface area (Å²) < 4.78 is 5.63. The summed E-state index contributed by atoms with van der Waals surface area (Å²) in [5.74, 6) is -0.376. The highest BCUT2D eigenvalue weighted by molar-refractivity contribution is 5.79. The Kier molecular flexibility index (Phi) is 7.73. The van der Waals surface area contributed by atoms with Crippen molar-refractivity contribution in [2.24, 2.45) is 17.8 Å². The van der Waals surface area contributed by atoms with Crippen LogP contribution in [0.1, 0.15) is 50.2 Å². The van der Waals surface area contributed by atoms with Crippen molar-refractivity contribution in [2.75, 3.05) is 26.2 Å². The molecule has 1 unspecified atom stereocenters. The van der Waals surface area contributed by atoms with E-state index in [1.807, 2.05) is 24.3 Å². The predicted octanol–water partition coefficient (Wildman–Crippen LogP) is 4.51. The first-order valence-electron chi connectivity index (χ1n) is 12.4. The highest BCUT2D eigenvalue weighted by Crippen LogP contribution is 2.44. The van der Waals surface area contributed by atoms with Gasteiger partial charge < -0.3 is 20.1 Å². The normalized spacial score (nSPS) is 15.8. The van der Waals surface area contributed by atoms with E-state index in [2.05, 4.69) is 43.4 Å². The minimum absolute atomic E-state index is 0.00139. The fourth-order valence-corrected chi connectivity index (χ4v) is 5.31. The highest BCUT2D eigenvalue weighted by atomic mass is 16.5. The molecular formula is C28H34N2O5. The van der Waals surface area contributed by atoms with E-state index in [9.17, 15) is 14.4 Å². The molecule has 1 aliphatic heterocycles. The van der Waals surface area contributed by atoms with Crippen molar-refractivity contribution in [3.8, 4) is 11.1 Å². The van der Waals surface area contributed by atoms with Crippen molar-refractivity contribution in [2.45, 2.75) is 39.0 Å². The molecule has 2 aromatic carbocycles. The molecule has 1 aliphatic carbocycles. The van der Waals surface area contributed by atoms with E-state index in [0.29, 0.717) is 32.0 Å². The zero-order valence-corrected chi connectivity index (χ0v) is 20.4. The minimum Gasteiger partial charge on any atom is -0.481 e. The number of carbonyl (C=O) groups is 3. The average Bonchev–Trinajstić information content (AvgIpc) is 3.11. The van der Waals surface area contributed by atoms with Gasteiger partial charge in [-0.25, -0.2) is 4.79 Å². The van der Waals surface area contributed by atoms with Crippen molar-refractivity contribution in [3.05, 3.63) is 59.7 Å². The summed E-state index contributed by atoms with van der Waals surface area (Å²) in [6.45, 7) is 5.81. The summed E-state index contributed by atoms with van der Waals surface area (Å²) in [4.78, 5) is 37.8.